The largest absolute Gasteiger partial charge is 0.496 e. The van der Waals surface area contributed by atoms with Gasteiger partial charge >= 0.3 is 5.97 Å². The fraction of sp³-hybridized carbons (Fsp3) is 0.0588. The zero-order valence-corrected chi connectivity index (χ0v) is 14.9. The highest BCUT2D eigenvalue weighted by molar-refractivity contribution is 9.10. The van der Waals surface area contributed by atoms with Crippen LogP contribution in [-0.2, 0) is 4.79 Å². The molecular weight excluding hydrogens is 398 g/mol. The molecule has 0 fully saturated rings. The summed E-state index contributed by atoms with van der Waals surface area (Å²) in [4.78, 5) is 23.3. The maximum atomic E-state index is 12.1. The van der Waals surface area contributed by atoms with Crippen molar-refractivity contribution in [2.75, 3.05) is 12.4 Å². The molecule has 2 N–H and O–H groups in total. The fourth-order valence-corrected chi connectivity index (χ4v) is 2.53. The van der Waals surface area contributed by atoms with Crippen molar-refractivity contribution in [3.8, 4) is 5.75 Å². The van der Waals surface area contributed by atoms with Gasteiger partial charge in [-0.05, 0) is 42.5 Å². The first-order valence-corrected chi connectivity index (χ1v) is 7.93. The number of anilines is 1. The zero-order chi connectivity index (χ0) is 17.7. The van der Waals surface area contributed by atoms with E-state index in [0.717, 1.165) is 4.47 Å². The van der Waals surface area contributed by atoms with E-state index in [0.29, 0.717) is 11.3 Å². The van der Waals surface area contributed by atoms with Crippen LogP contribution in [0.25, 0.3) is 6.08 Å². The summed E-state index contributed by atoms with van der Waals surface area (Å²) in [5.74, 6) is -1.03. The number of hydrogen-bond donors (Lipinski definition) is 2. The Morgan fingerprint density at radius 2 is 2.00 bits per heavy atom. The highest BCUT2D eigenvalue weighted by Crippen LogP contribution is 2.24. The predicted molar refractivity (Wildman–Crippen MR) is 96.8 cm³/mol. The molecule has 2 aromatic rings. The van der Waals surface area contributed by atoms with Crippen LogP contribution < -0.4 is 10.1 Å². The van der Waals surface area contributed by atoms with Gasteiger partial charge in [0.05, 0.1) is 18.4 Å². The summed E-state index contributed by atoms with van der Waals surface area (Å²) in [6.45, 7) is 0. The van der Waals surface area contributed by atoms with Gasteiger partial charge in [0.25, 0.3) is 0 Å². The molecule has 0 saturated carbocycles. The minimum absolute atomic E-state index is 0.0794. The Hall–Kier alpha value is -2.31. The molecule has 0 saturated heterocycles. The first-order chi connectivity index (χ1) is 11.4. The Balaban J connectivity index is 2.20. The number of nitrogens with one attached hydrogen (secondary N) is 1. The molecule has 0 aliphatic rings. The molecule has 0 aromatic heterocycles. The number of methoxy groups -OCH3 is 1. The summed E-state index contributed by atoms with van der Waals surface area (Å²) in [6, 6.07) is 9.61. The third kappa shape index (κ3) is 4.59. The third-order valence-corrected chi connectivity index (χ3v) is 3.80. The molecule has 0 bridgehead atoms. The number of ether oxygens (including phenoxy) is 1. The van der Waals surface area contributed by atoms with Gasteiger partial charge < -0.3 is 15.2 Å². The molecule has 5 nitrogen and oxygen atoms in total. The van der Waals surface area contributed by atoms with E-state index in [1.54, 1.807) is 18.2 Å². The molecule has 0 spiro atoms. The van der Waals surface area contributed by atoms with Crippen molar-refractivity contribution in [1.29, 1.82) is 0 Å². The lowest BCUT2D eigenvalue weighted by Crippen LogP contribution is -2.12. The molecule has 2 aromatic carbocycles. The molecular formula is C17H13BrClNO4. The first-order valence-electron chi connectivity index (χ1n) is 6.76. The number of amides is 1. The molecule has 7 heteroatoms. The molecule has 2 rings (SSSR count). The van der Waals surface area contributed by atoms with Crippen LogP contribution in [0.15, 0.2) is 46.9 Å². The van der Waals surface area contributed by atoms with E-state index in [1.807, 2.05) is 6.07 Å². The van der Waals surface area contributed by atoms with Crippen LogP contribution in [0.2, 0.25) is 5.02 Å². The summed E-state index contributed by atoms with van der Waals surface area (Å²) in [6.07, 6.45) is 2.87. The minimum Gasteiger partial charge on any atom is -0.496 e. The summed E-state index contributed by atoms with van der Waals surface area (Å²) < 4.78 is 6.06. The number of benzene rings is 2. The first kappa shape index (κ1) is 18.0. The van der Waals surface area contributed by atoms with Gasteiger partial charge in [0.15, 0.2) is 0 Å². The van der Waals surface area contributed by atoms with Crippen molar-refractivity contribution in [2.45, 2.75) is 0 Å². The van der Waals surface area contributed by atoms with Crippen molar-refractivity contribution < 1.29 is 19.4 Å². The predicted octanol–water partition coefficient (Wildman–Crippen LogP) is 4.46. The lowest BCUT2D eigenvalue weighted by atomic mass is 10.1. The van der Waals surface area contributed by atoms with Crippen LogP contribution in [0, 0.1) is 0 Å². The second kappa shape index (κ2) is 7.99. The molecule has 124 valence electrons. The van der Waals surface area contributed by atoms with E-state index in [2.05, 4.69) is 21.2 Å². The smallest absolute Gasteiger partial charge is 0.337 e. The van der Waals surface area contributed by atoms with E-state index in [-0.39, 0.29) is 16.3 Å². The van der Waals surface area contributed by atoms with Gasteiger partial charge in [0.1, 0.15) is 5.75 Å². The Bertz CT molecular complexity index is 820. The quantitative estimate of drug-likeness (QED) is 0.714. The van der Waals surface area contributed by atoms with Gasteiger partial charge in [0, 0.05) is 21.1 Å². The molecule has 1 amide bonds. The van der Waals surface area contributed by atoms with Crippen molar-refractivity contribution in [1.82, 2.24) is 0 Å². The van der Waals surface area contributed by atoms with E-state index < -0.39 is 11.9 Å². The number of aromatic carboxylic acids is 1. The lowest BCUT2D eigenvalue weighted by molar-refractivity contribution is -0.111. The number of hydrogen-bond acceptors (Lipinski definition) is 3. The normalized spacial score (nSPS) is 10.6. The molecule has 0 aliphatic carbocycles. The van der Waals surface area contributed by atoms with Gasteiger partial charge in [-0.3, -0.25) is 4.79 Å². The number of carboxylic acids is 1. The Morgan fingerprint density at radius 1 is 1.25 bits per heavy atom. The van der Waals surface area contributed by atoms with Gasteiger partial charge in [-0.1, -0.05) is 27.5 Å². The second-order valence-electron chi connectivity index (χ2n) is 4.70. The highest BCUT2D eigenvalue weighted by atomic mass is 79.9. The van der Waals surface area contributed by atoms with E-state index in [1.165, 1.54) is 31.4 Å². The topological polar surface area (TPSA) is 75.6 Å². The average Bonchev–Trinajstić information content (AvgIpc) is 2.54. The monoisotopic (exact) mass is 409 g/mol. The van der Waals surface area contributed by atoms with Crippen molar-refractivity contribution >= 4 is 51.2 Å². The molecule has 24 heavy (non-hydrogen) atoms. The van der Waals surface area contributed by atoms with E-state index in [4.69, 9.17) is 21.4 Å². The Labute approximate surface area is 152 Å². The summed E-state index contributed by atoms with van der Waals surface area (Å²) in [5, 5.41) is 12.0. The Kier molecular flexibility index (Phi) is 6.00. The maximum absolute atomic E-state index is 12.1. The van der Waals surface area contributed by atoms with E-state index in [9.17, 15) is 9.59 Å². The van der Waals surface area contributed by atoms with E-state index >= 15 is 0 Å². The highest BCUT2D eigenvalue weighted by Gasteiger charge is 2.12. The molecule has 0 atom stereocenters. The SMILES string of the molecule is COc1ccc(Br)cc1C=CC(=O)Nc1ccc(Cl)cc1C(=O)O. The lowest BCUT2D eigenvalue weighted by Gasteiger charge is -2.07. The van der Waals surface area contributed by atoms with Crippen molar-refractivity contribution in [3.63, 3.8) is 0 Å². The van der Waals surface area contributed by atoms with Crippen molar-refractivity contribution in [2.24, 2.45) is 0 Å². The van der Waals surface area contributed by atoms with Crippen LogP contribution in [0.5, 0.6) is 5.75 Å². The van der Waals surface area contributed by atoms with Crippen LogP contribution >= 0.6 is 27.5 Å². The minimum atomic E-state index is -1.18. The number of carbonyl (C=O) groups excluding carboxylic acids is 1. The van der Waals surface area contributed by atoms with Gasteiger partial charge in [0.2, 0.25) is 5.91 Å². The Morgan fingerprint density at radius 3 is 2.67 bits per heavy atom. The van der Waals surface area contributed by atoms with Gasteiger partial charge in [-0.25, -0.2) is 4.79 Å². The number of carbonyl (C=O) groups is 2. The van der Waals surface area contributed by atoms with Gasteiger partial charge in [-0.2, -0.15) is 0 Å². The molecule has 0 unspecified atom stereocenters. The number of rotatable bonds is 5. The number of carboxylic acid groups (broad SMARTS) is 1. The molecule has 0 aliphatic heterocycles. The van der Waals surface area contributed by atoms with Gasteiger partial charge in [-0.15, -0.1) is 0 Å². The maximum Gasteiger partial charge on any atom is 0.337 e. The van der Waals surface area contributed by atoms with Crippen molar-refractivity contribution in [3.05, 3.63) is 63.1 Å². The zero-order valence-electron chi connectivity index (χ0n) is 12.5. The van der Waals surface area contributed by atoms with Crippen LogP contribution in [0.1, 0.15) is 15.9 Å². The van der Waals surface area contributed by atoms with Crippen LogP contribution in [0.3, 0.4) is 0 Å². The summed E-state index contributed by atoms with van der Waals surface area (Å²) in [7, 11) is 1.54. The van der Waals surface area contributed by atoms with Crippen LogP contribution in [0.4, 0.5) is 5.69 Å². The fourth-order valence-electron chi connectivity index (χ4n) is 1.98. The molecule has 0 heterocycles. The average molecular weight is 411 g/mol. The summed E-state index contributed by atoms with van der Waals surface area (Å²) >= 11 is 9.13. The number of halogens is 2. The second-order valence-corrected chi connectivity index (χ2v) is 6.06. The standard InChI is InChI=1S/C17H13BrClNO4/c1-24-15-6-3-11(18)8-10(15)2-7-16(21)20-14-5-4-12(19)9-13(14)17(22)23/h2-9H,1H3,(H,20,21)(H,22,23). The summed E-state index contributed by atoms with van der Waals surface area (Å²) in [5.41, 5.74) is 0.795. The third-order valence-electron chi connectivity index (χ3n) is 3.08. The van der Waals surface area contributed by atoms with Crippen LogP contribution in [-0.4, -0.2) is 24.1 Å². The molecule has 0 radical (unpaired) electrons.